The molecule has 120 valence electrons. The number of anilines is 1. The third kappa shape index (κ3) is 2.85. The van der Waals surface area contributed by atoms with Crippen molar-refractivity contribution in [2.45, 2.75) is 4.90 Å². The second-order valence-electron chi connectivity index (χ2n) is 4.91. The van der Waals surface area contributed by atoms with Crippen molar-refractivity contribution >= 4 is 27.0 Å². The first-order valence-corrected chi connectivity index (χ1v) is 8.18. The molecule has 0 aliphatic heterocycles. The van der Waals surface area contributed by atoms with E-state index in [2.05, 4.69) is 9.71 Å². The highest BCUT2D eigenvalue weighted by Crippen LogP contribution is 2.22. The summed E-state index contributed by atoms with van der Waals surface area (Å²) < 4.78 is 47.1. The van der Waals surface area contributed by atoms with Crippen molar-refractivity contribution in [1.29, 1.82) is 0 Å². The zero-order chi connectivity index (χ0) is 16.6. The van der Waals surface area contributed by atoms with Gasteiger partial charge in [-0.1, -0.05) is 0 Å². The molecule has 23 heavy (non-hydrogen) atoms. The van der Waals surface area contributed by atoms with Gasteiger partial charge in [0.25, 0.3) is 10.0 Å². The number of hydrogen-bond donors (Lipinski definition) is 1. The number of rotatable bonds is 4. The van der Waals surface area contributed by atoms with E-state index in [0.717, 1.165) is 0 Å². The van der Waals surface area contributed by atoms with Gasteiger partial charge in [0.05, 0.1) is 23.0 Å². The molecule has 0 amide bonds. The van der Waals surface area contributed by atoms with Gasteiger partial charge in [0.15, 0.2) is 0 Å². The maximum atomic E-state index is 13.3. The summed E-state index contributed by atoms with van der Waals surface area (Å²) in [4.78, 5) is 4.21. The highest BCUT2D eigenvalue weighted by Gasteiger charge is 2.18. The van der Waals surface area contributed by atoms with Crippen LogP contribution in [0.1, 0.15) is 0 Å². The lowest BCUT2D eigenvalue weighted by atomic mass is 10.3. The summed E-state index contributed by atoms with van der Waals surface area (Å²) in [5.74, 6) is 0.240. The molecule has 0 radical (unpaired) electrons. The predicted molar refractivity (Wildman–Crippen MR) is 84.5 cm³/mol. The number of benzene rings is 2. The van der Waals surface area contributed by atoms with Gasteiger partial charge in [0.1, 0.15) is 11.6 Å². The van der Waals surface area contributed by atoms with E-state index < -0.39 is 15.8 Å². The van der Waals surface area contributed by atoms with E-state index in [1.807, 2.05) is 0 Å². The Morgan fingerprint density at radius 1 is 1.17 bits per heavy atom. The summed E-state index contributed by atoms with van der Waals surface area (Å²) in [6, 6.07) is 10.1. The van der Waals surface area contributed by atoms with Crippen LogP contribution < -0.4 is 9.46 Å². The highest BCUT2D eigenvalue weighted by atomic mass is 32.2. The Morgan fingerprint density at radius 3 is 2.52 bits per heavy atom. The molecule has 0 saturated carbocycles. The van der Waals surface area contributed by atoms with Crippen molar-refractivity contribution in [1.82, 2.24) is 9.55 Å². The molecule has 0 atom stereocenters. The van der Waals surface area contributed by atoms with E-state index >= 15 is 0 Å². The monoisotopic (exact) mass is 335 g/mol. The smallest absolute Gasteiger partial charge is 0.264 e. The quantitative estimate of drug-likeness (QED) is 0.795. The molecule has 1 heterocycles. The van der Waals surface area contributed by atoms with Gasteiger partial charge in [-0.15, -0.1) is 0 Å². The van der Waals surface area contributed by atoms with Crippen LogP contribution in [0.25, 0.3) is 11.0 Å². The number of nitrogens with zero attached hydrogens (tertiary/aromatic N) is 2. The molecule has 0 bridgehead atoms. The fraction of sp³-hybridized carbons (Fsp3) is 0.133. The molecule has 0 spiro atoms. The molecule has 0 fully saturated rings. The summed E-state index contributed by atoms with van der Waals surface area (Å²) in [6.45, 7) is 0. The lowest BCUT2D eigenvalue weighted by molar-refractivity contribution is 0.414. The van der Waals surface area contributed by atoms with E-state index in [1.165, 1.54) is 31.4 Å². The lowest BCUT2D eigenvalue weighted by Crippen LogP contribution is -2.15. The van der Waals surface area contributed by atoms with Crippen LogP contribution in [0.15, 0.2) is 47.4 Å². The molecular formula is C15H14FN3O3S. The van der Waals surface area contributed by atoms with Crippen LogP contribution in [0.5, 0.6) is 5.75 Å². The minimum Gasteiger partial charge on any atom is -0.497 e. The normalized spacial score (nSPS) is 11.6. The van der Waals surface area contributed by atoms with Gasteiger partial charge >= 0.3 is 0 Å². The summed E-state index contributed by atoms with van der Waals surface area (Å²) in [7, 11) is -0.649. The molecule has 6 nitrogen and oxygen atoms in total. The number of ether oxygens (including phenoxy) is 1. The van der Waals surface area contributed by atoms with Gasteiger partial charge in [-0.25, -0.2) is 22.5 Å². The van der Waals surface area contributed by atoms with Crippen LogP contribution in [0.4, 0.5) is 10.3 Å². The molecule has 3 aromatic rings. The number of sulfonamides is 1. The van der Waals surface area contributed by atoms with Crippen LogP contribution in [0.2, 0.25) is 0 Å². The molecule has 0 aliphatic carbocycles. The third-order valence-corrected chi connectivity index (χ3v) is 4.78. The molecule has 2 aromatic carbocycles. The van der Waals surface area contributed by atoms with Gasteiger partial charge in [-0.3, -0.25) is 0 Å². The SMILES string of the molecule is COc1ccc(S(=O)(=O)Nc2nc3cc(F)ccc3n2C)cc1. The van der Waals surface area contributed by atoms with Crippen LogP contribution >= 0.6 is 0 Å². The van der Waals surface area contributed by atoms with Crippen LogP contribution in [0, 0.1) is 5.82 Å². The number of fused-ring (bicyclic) bond motifs is 1. The zero-order valence-corrected chi connectivity index (χ0v) is 13.3. The summed E-state index contributed by atoms with van der Waals surface area (Å²) in [5, 5.41) is 0. The minimum atomic E-state index is -3.80. The van der Waals surface area contributed by atoms with Crippen LogP contribution in [0.3, 0.4) is 0 Å². The number of nitrogens with one attached hydrogen (secondary N) is 1. The van der Waals surface area contributed by atoms with Crippen molar-refractivity contribution in [3.05, 3.63) is 48.3 Å². The van der Waals surface area contributed by atoms with Crippen LogP contribution in [-0.2, 0) is 17.1 Å². The first-order valence-electron chi connectivity index (χ1n) is 6.69. The van der Waals surface area contributed by atoms with Crippen molar-refractivity contribution in [2.24, 2.45) is 7.05 Å². The Balaban J connectivity index is 1.98. The highest BCUT2D eigenvalue weighted by molar-refractivity contribution is 7.92. The van der Waals surface area contributed by atoms with E-state index in [-0.39, 0.29) is 10.8 Å². The molecule has 0 saturated heterocycles. The number of aromatic nitrogens is 2. The zero-order valence-electron chi connectivity index (χ0n) is 12.4. The maximum Gasteiger partial charge on any atom is 0.264 e. The van der Waals surface area contributed by atoms with Gasteiger partial charge < -0.3 is 9.30 Å². The summed E-state index contributed by atoms with van der Waals surface area (Å²) in [6.07, 6.45) is 0. The molecule has 1 N–H and O–H groups in total. The first kappa shape index (κ1) is 15.3. The molecular weight excluding hydrogens is 321 g/mol. The summed E-state index contributed by atoms with van der Waals surface area (Å²) in [5.41, 5.74) is 0.999. The molecule has 0 aliphatic rings. The Bertz CT molecular complexity index is 966. The largest absolute Gasteiger partial charge is 0.497 e. The van der Waals surface area contributed by atoms with E-state index in [9.17, 15) is 12.8 Å². The average molecular weight is 335 g/mol. The molecule has 3 rings (SSSR count). The third-order valence-electron chi connectivity index (χ3n) is 3.44. The molecule has 8 heteroatoms. The fourth-order valence-corrected chi connectivity index (χ4v) is 3.23. The van der Waals surface area contributed by atoms with E-state index in [0.29, 0.717) is 16.8 Å². The van der Waals surface area contributed by atoms with E-state index in [1.54, 1.807) is 29.8 Å². The van der Waals surface area contributed by atoms with Crippen molar-refractivity contribution in [3.63, 3.8) is 0 Å². The van der Waals surface area contributed by atoms with Gasteiger partial charge in [0, 0.05) is 13.1 Å². The Morgan fingerprint density at radius 2 is 1.87 bits per heavy atom. The summed E-state index contributed by atoms with van der Waals surface area (Å²) >= 11 is 0. The van der Waals surface area contributed by atoms with Crippen molar-refractivity contribution in [2.75, 3.05) is 11.8 Å². The van der Waals surface area contributed by atoms with Gasteiger partial charge in [-0.05, 0) is 36.4 Å². The maximum absolute atomic E-state index is 13.3. The minimum absolute atomic E-state index is 0.0801. The van der Waals surface area contributed by atoms with Crippen molar-refractivity contribution in [3.8, 4) is 5.75 Å². The predicted octanol–water partition coefficient (Wildman–Crippen LogP) is 2.52. The van der Waals surface area contributed by atoms with Crippen LogP contribution in [-0.4, -0.2) is 25.1 Å². The Labute approximate surface area is 132 Å². The van der Waals surface area contributed by atoms with Crippen molar-refractivity contribution < 1.29 is 17.5 Å². The van der Waals surface area contributed by atoms with E-state index in [4.69, 9.17) is 4.74 Å². The number of hydrogen-bond acceptors (Lipinski definition) is 4. The second kappa shape index (κ2) is 5.54. The lowest BCUT2D eigenvalue weighted by Gasteiger charge is -2.08. The first-order chi connectivity index (χ1) is 10.9. The number of halogens is 1. The van der Waals surface area contributed by atoms with Gasteiger partial charge in [0.2, 0.25) is 5.95 Å². The Hall–Kier alpha value is -2.61. The number of imidazole rings is 1. The Kier molecular flexibility index (Phi) is 3.69. The second-order valence-corrected chi connectivity index (χ2v) is 6.59. The van der Waals surface area contributed by atoms with Gasteiger partial charge in [-0.2, -0.15) is 0 Å². The number of aryl methyl sites for hydroxylation is 1. The molecule has 1 aromatic heterocycles. The fourth-order valence-electron chi connectivity index (χ4n) is 2.20. The standard InChI is InChI=1S/C15H14FN3O3S/c1-19-14-8-3-10(16)9-13(14)17-15(19)18-23(20,21)12-6-4-11(22-2)5-7-12/h3-9H,1-2H3,(H,17,18). The number of methoxy groups -OCH3 is 1. The topological polar surface area (TPSA) is 73.2 Å². The average Bonchev–Trinajstić information content (AvgIpc) is 2.82. The molecule has 0 unspecified atom stereocenters.